The summed E-state index contributed by atoms with van der Waals surface area (Å²) in [4.78, 5) is 11.0. The third kappa shape index (κ3) is 16.0. The first kappa shape index (κ1) is 21.6. The van der Waals surface area contributed by atoms with Gasteiger partial charge in [0.15, 0.2) is 0 Å². The number of rotatable bonds is 11. The Labute approximate surface area is 150 Å². The quantitative estimate of drug-likeness (QED) is 0.289. The Morgan fingerprint density at radius 3 is 2.32 bits per heavy atom. The van der Waals surface area contributed by atoms with E-state index in [0.717, 1.165) is 57.8 Å². The van der Waals surface area contributed by atoms with Gasteiger partial charge in [-0.2, -0.15) is 0 Å². The van der Waals surface area contributed by atoms with E-state index in [4.69, 9.17) is 34.8 Å². The van der Waals surface area contributed by atoms with Gasteiger partial charge < -0.3 is 5.32 Å². The first-order valence-electron chi connectivity index (χ1n) is 7.85. The summed E-state index contributed by atoms with van der Waals surface area (Å²) < 4.78 is 0. The zero-order valence-electron chi connectivity index (χ0n) is 13.2. The van der Waals surface area contributed by atoms with E-state index >= 15 is 0 Å². The predicted molar refractivity (Wildman–Crippen MR) is 97.4 cm³/mol. The van der Waals surface area contributed by atoms with E-state index in [0.29, 0.717) is 0 Å². The number of hydrogen-bond acceptors (Lipinski definition) is 1. The average Bonchev–Trinajstić information content (AvgIpc) is 2.45. The molecule has 5 heteroatoms. The van der Waals surface area contributed by atoms with Gasteiger partial charge in [-0.05, 0) is 31.8 Å². The van der Waals surface area contributed by atoms with E-state index in [1.807, 2.05) is 0 Å². The number of hydrogen-bond donors (Lipinski definition) is 1. The number of allylic oxidation sites excluding steroid dienone is 1. The van der Waals surface area contributed by atoms with E-state index < -0.39 is 0 Å². The van der Waals surface area contributed by atoms with Gasteiger partial charge in [0.2, 0.25) is 5.91 Å². The van der Waals surface area contributed by atoms with Gasteiger partial charge in [-0.25, -0.2) is 0 Å². The molecule has 2 nitrogen and oxygen atoms in total. The molecule has 0 heterocycles. The second kappa shape index (κ2) is 15.5. The van der Waals surface area contributed by atoms with Crippen LogP contribution in [0.15, 0.2) is 11.6 Å². The van der Waals surface area contributed by atoms with Crippen LogP contribution < -0.4 is 5.32 Å². The molecular formula is C17H26Cl3NO. The normalized spacial score (nSPS) is 12.2. The second-order valence-corrected chi connectivity index (χ2v) is 6.82. The molecule has 1 amide bonds. The molecule has 0 saturated heterocycles. The van der Waals surface area contributed by atoms with Crippen molar-refractivity contribution in [3.8, 4) is 11.8 Å². The molecule has 0 radical (unpaired) electrons. The van der Waals surface area contributed by atoms with Gasteiger partial charge >= 0.3 is 0 Å². The zero-order chi connectivity index (χ0) is 16.6. The molecule has 0 aromatic rings. The second-order valence-electron chi connectivity index (χ2n) is 5.29. The van der Waals surface area contributed by atoms with Crippen molar-refractivity contribution in [1.29, 1.82) is 0 Å². The summed E-state index contributed by atoms with van der Waals surface area (Å²) in [5.41, 5.74) is 1.41. The summed E-state index contributed by atoms with van der Waals surface area (Å²) in [6, 6.07) is 0.247. The Morgan fingerprint density at radius 2 is 1.73 bits per heavy atom. The van der Waals surface area contributed by atoms with Crippen LogP contribution in [0.5, 0.6) is 0 Å². The van der Waals surface area contributed by atoms with Gasteiger partial charge in [-0.3, -0.25) is 4.79 Å². The van der Waals surface area contributed by atoms with Crippen LogP contribution in [0.2, 0.25) is 0 Å². The van der Waals surface area contributed by atoms with Crippen molar-refractivity contribution in [2.45, 2.75) is 75.6 Å². The third-order valence-corrected chi connectivity index (χ3v) is 3.80. The highest BCUT2D eigenvalue weighted by Crippen LogP contribution is 2.15. The molecule has 0 saturated carbocycles. The van der Waals surface area contributed by atoms with Crippen molar-refractivity contribution in [1.82, 2.24) is 5.32 Å². The molecule has 126 valence electrons. The summed E-state index contributed by atoms with van der Waals surface area (Å²) in [5, 5.41) is 3.03. The fraction of sp³-hybridized carbons (Fsp3) is 0.706. The van der Waals surface area contributed by atoms with Gasteiger partial charge in [0.05, 0.1) is 0 Å². The minimum atomic E-state index is -0.248. The third-order valence-electron chi connectivity index (χ3n) is 3.24. The van der Waals surface area contributed by atoms with Crippen LogP contribution in [0, 0.1) is 11.8 Å². The minimum Gasteiger partial charge on any atom is -0.354 e. The highest BCUT2D eigenvalue weighted by atomic mass is 35.5. The van der Waals surface area contributed by atoms with Crippen LogP contribution in [0.3, 0.4) is 0 Å². The molecule has 0 aliphatic heterocycles. The average molecular weight is 367 g/mol. The van der Waals surface area contributed by atoms with Crippen LogP contribution >= 0.6 is 34.8 Å². The van der Waals surface area contributed by atoms with Crippen molar-refractivity contribution in [2.24, 2.45) is 0 Å². The fourth-order valence-corrected chi connectivity index (χ4v) is 2.59. The summed E-state index contributed by atoms with van der Waals surface area (Å²) in [7, 11) is 0. The molecule has 22 heavy (non-hydrogen) atoms. The van der Waals surface area contributed by atoms with Crippen molar-refractivity contribution < 1.29 is 4.79 Å². The summed E-state index contributed by atoms with van der Waals surface area (Å²) in [5.74, 6) is 5.92. The molecule has 0 rings (SSSR count). The standard InChI is InChI=1S/C17H26Cl3NO/c1-15(22)21-16(11-7-3-2-6-10-14-18)12-8-4-5-9-13-17(19)20/h10,14,16-17H,3-5,7-9,11-13H2,1H3,(H,21,22)/b14-10+. The van der Waals surface area contributed by atoms with Crippen LogP contribution in [0.1, 0.15) is 64.7 Å². The number of carbonyl (C=O) groups excluding carboxylic acids is 1. The van der Waals surface area contributed by atoms with Gasteiger partial charge in [0.1, 0.15) is 4.84 Å². The Bertz CT molecular complexity index is 372. The Balaban J connectivity index is 3.83. The van der Waals surface area contributed by atoms with Crippen LogP contribution in [0.25, 0.3) is 0 Å². The molecule has 1 N–H and O–H groups in total. The molecule has 0 aromatic carbocycles. The van der Waals surface area contributed by atoms with E-state index in [1.165, 1.54) is 5.54 Å². The van der Waals surface area contributed by atoms with Crippen LogP contribution in [0.4, 0.5) is 0 Å². The van der Waals surface area contributed by atoms with Crippen molar-refractivity contribution in [2.75, 3.05) is 0 Å². The lowest BCUT2D eigenvalue weighted by Gasteiger charge is -2.17. The smallest absolute Gasteiger partial charge is 0.217 e. The van der Waals surface area contributed by atoms with Gasteiger partial charge in [-0.1, -0.05) is 49.1 Å². The lowest BCUT2D eigenvalue weighted by Crippen LogP contribution is -2.32. The first-order chi connectivity index (χ1) is 10.6. The molecular weight excluding hydrogens is 341 g/mol. The summed E-state index contributed by atoms with van der Waals surface area (Å²) in [6.45, 7) is 1.57. The fourth-order valence-electron chi connectivity index (χ4n) is 2.22. The molecule has 0 spiro atoms. The first-order valence-corrected chi connectivity index (χ1v) is 9.16. The Kier molecular flexibility index (Phi) is 15.3. The largest absolute Gasteiger partial charge is 0.354 e. The van der Waals surface area contributed by atoms with Gasteiger partial charge in [-0.15, -0.1) is 23.2 Å². The van der Waals surface area contributed by atoms with Crippen LogP contribution in [-0.4, -0.2) is 16.8 Å². The van der Waals surface area contributed by atoms with E-state index in [-0.39, 0.29) is 16.8 Å². The Hall–Kier alpha value is -0.360. The number of halogens is 3. The highest BCUT2D eigenvalue weighted by Gasteiger charge is 2.09. The number of alkyl halides is 2. The molecule has 1 atom stereocenters. The van der Waals surface area contributed by atoms with Gasteiger partial charge in [0, 0.05) is 24.9 Å². The maximum absolute atomic E-state index is 11.2. The van der Waals surface area contributed by atoms with Crippen LogP contribution in [-0.2, 0) is 4.79 Å². The predicted octanol–water partition coefficient (Wildman–Crippen LogP) is 5.56. The van der Waals surface area contributed by atoms with Gasteiger partial charge in [0.25, 0.3) is 0 Å². The maximum atomic E-state index is 11.2. The van der Waals surface area contributed by atoms with Crippen molar-refractivity contribution in [3.05, 3.63) is 11.6 Å². The molecule has 0 fully saturated rings. The van der Waals surface area contributed by atoms with E-state index in [9.17, 15) is 4.79 Å². The SMILES string of the molecule is CC(=O)NC(CCCC#C/C=C/Cl)CCCCCCC(Cl)Cl. The molecule has 0 bridgehead atoms. The summed E-state index contributed by atoms with van der Waals surface area (Å²) in [6.07, 6.45) is 10.7. The minimum absolute atomic E-state index is 0.0354. The Morgan fingerprint density at radius 1 is 1.09 bits per heavy atom. The highest BCUT2D eigenvalue weighted by molar-refractivity contribution is 6.44. The van der Waals surface area contributed by atoms with Crippen molar-refractivity contribution >= 4 is 40.7 Å². The number of amides is 1. The lowest BCUT2D eigenvalue weighted by atomic mass is 10.0. The number of carbonyl (C=O) groups is 1. The number of unbranched alkanes of at least 4 members (excludes halogenated alkanes) is 4. The summed E-state index contributed by atoms with van der Waals surface area (Å²) >= 11 is 16.8. The number of nitrogens with one attached hydrogen (secondary N) is 1. The topological polar surface area (TPSA) is 29.1 Å². The zero-order valence-corrected chi connectivity index (χ0v) is 15.5. The molecule has 0 aliphatic rings. The van der Waals surface area contributed by atoms with E-state index in [1.54, 1.807) is 13.0 Å². The molecule has 0 aromatic heterocycles. The maximum Gasteiger partial charge on any atom is 0.217 e. The van der Waals surface area contributed by atoms with E-state index in [2.05, 4.69) is 17.2 Å². The molecule has 0 aliphatic carbocycles. The lowest BCUT2D eigenvalue weighted by molar-refractivity contribution is -0.119. The monoisotopic (exact) mass is 365 g/mol. The van der Waals surface area contributed by atoms with Crippen molar-refractivity contribution in [3.63, 3.8) is 0 Å². The molecule has 1 unspecified atom stereocenters.